The first-order chi connectivity index (χ1) is 17.1. The van der Waals surface area contributed by atoms with Gasteiger partial charge in [0.1, 0.15) is 29.7 Å². The summed E-state index contributed by atoms with van der Waals surface area (Å²) in [6, 6.07) is 10.7. The van der Waals surface area contributed by atoms with Gasteiger partial charge in [0.15, 0.2) is 0 Å². The maximum Gasteiger partial charge on any atom is 0.270 e. The molecule has 184 valence electrons. The molecule has 0 saturated heterocycles. The molecule has 1 aromatic carbocycles. The Kier molecular flexibility index (Phi) is 6.99. The van der Waals surface area contributed by atoms with E-state index in [1.807, 2.05) is 0 Å². The molecule has 0 saturated carbocycles. The third kappa shape index (κ3) is 5.85. The van der Waals surface area contributed by atoms with Crippen molar-refractivity contribution < 1.29 is 23.8 Å². The van der Waals surface area contributed by atoms with Crippen LogP contribution in [0.2, 0.25) is 0 Å². The number of pyridine rings is 2. The van der Waals surface area contributed by atoms with Crippen molar-refractivity contribution >= 4 is 17.5 Å². The first-order valence-electron chi connectivity index (χ1n) is 11.3. The van der Waals surface area contributed by atoms with E-state index in [4.69, 9.17) is 4.74 Å². The van der Waals surface area contributed by atoms with Crippen molar-refractivity contribution in [1.29, 1.82) is 0 Å². The van der Waals surface area contributed by atoms with E-state index in [2.05, 4.69) is 27.1 Å². The summed E-state index contributed by atoms with van der Waals surface area (Å²) in [6.07, 6.45) is 3.07. The number of anilines is 1. The standard InChI is InChI=1S/C27H25FN4O4/c1-27(2,35)10-8-17-6-7-23-22(15-17)32(3)26(34)21(16-36-23)31-25(33)20-14-18(9-12-29-20)13-19-5-4-11-30-24(19)28/h4-7,9,11-12,14-15,21,35H,13,16H2,1-3H3,(H,31,33). The number of ether oxygens (including phenoxy) is 1. The van der Waals surface area contributed by atoms with Crippen LogP contribution in [-0.2, 0) is 11.2 Å². The maximum atomic E-state index is 13.9. The molecular weight excluding hydrogens is 463 g/mol. The SMILES string of the molecule is CN1C(=O)C(NC(=O)c2cc(Cc3cccnc3F)ccn2)COc2ccc(C#CC(C)(C)O)cc21. The number of likely N-dealkylation sites (N-methyl/N-ethyl adjacent to an activating group) is 1. The second-order valence-corrected chi connectivity index (χ2v) is 8.91. The molecule has 0 radical (unpaired) electrons. The zero-order valence-electron chi connectivity index (χ0n) is 20.1. The minimum Gasteiger partial charge on any atom is -0.489 e. The van der Waals surface area contributed by atoms with E-state index >= 15 is 0 Å². The Bertz CT molecular complexity index is 1370. The lowest BCUT2D eigenvalue weighted by atomic mass is 10.1. The molecule has 0 fully saturated rings. The highest BCUT2D eigenvalue weighted by Gasteiger charge is 2.31. The number of benzene rings is 1. The number of nitrogens with one attached hydrogen (secondary N) is 1. The summed E-state index contributed by atoms with van der Waals surface area (Å²) in [4.78, 5) is 35.2. The number of hydrogen-bond acceptors (Lipinski definition) is 6. The van der Waals surface area contributed by atoms with Crippen molar-refractivity contribution in [3.8, 4) is 17.6 Å². The zero-order chi connectivity index (χ0) is 25.9. The molecule has 0 bridgehead atoms. The average molecular weight is 489 g/mol. The lowest BCUT2D eigenvalue weighted by Gasteiger charge is -2.20. The number of rotatable bonds is 4. The van der Waals surface area contributed by atoms with E-state index in [0.717, 1.165) is 0 Å². The smallest absolute Gasteiger partial charge is 0.270 e. The molecule has 3 heterocycles. The monoisotopic (exact) mass is 488 g/mol. The topological polar surface area (TPSA) is 105 Å². The van der Waals surface area contributed by atoms with E-state index in [0.29, 0.717) is 28.1 Å². The summed E-state index contributed by atoms with van der Waals surface area (Å²) >= 11 is 0. The van der Waals surface area contributed by atoms with E-state index in [-0.39, 0.29) is 24.6 Å². The Morgan fingerprint density at radius 2 is 2.06 bits per heavy atom. The van der Waals surface area contributed by atoms with Crippen LogP contribution in [0, 0.1) is 17.8 Å². The Morgan fingerprint density at radius 3 is 2.81 bits per heavy atom. The molecule has 0 spiro atoms. The van der Waals surface area contributed by atoms with Crippen LogP contribution in [0.1, 0.15) is 41.0 Å². The predicted octanol–water partition coefficient (Wildman–Crippen LogP) is 2.48. The summed E-state index contributed by atoms with van der Waals surface area (Å²) in [7, 11) is 1.59. The van der Waals surface area contributed by atoms with Gasteiger partial charge in [-0.2, -0.15) is 4.39 Å². The molecule has 1 aliphatic heterocycles. The van der Waals surface area contributed by atoms with Gasteiger partial charge in [0.25, 0.3) is 11.8 Å². The molecule has 1 atom stereocenters. The summed E-state index contributed by atoms with van der Waals surface area (Å²) in [5, 5.41) is 12.5. The van der Waals surface area contributed by atoms with Crippen LogP contribution in [-0.4, -0.2) is 52.2 Å². The first kappa shape index (κ1) is 24.8. The third-order valence-corrected chi connectivity index (χ3v) is 5.46. The van der Waals surface area contributed by atoms with Crippen LogP contribution >= 0.6 is 0 Å². The molecular formula is C27H25FN4O4. The van der Waals surface area contributed by atoms with Crippen LogP contribution in [0.3, 0.4) is 0 Å². The summed E-state index contributed by atoms with van der Waals surface area (Å²) in [6.45, 7) is 3.09. The quantitative estimate of drug-likeness (QED) is 0.432. The number of hydrogen-bond donors (Lipinski definition) is 2. The largest absolute Gasteiger partial charge is 0.489 e. The van der Waals surface area contributed by atoms with Crippen molar-refractivity contribution in [2.24, 2.45) is 0 Å². The molecule has 8 nitrogen and oxygen atoms in total. The summed E-state index contributed by atoms with van der Waals surface area (Å²) < 4.78 is 19.7. The molecule has 1 aliphatic rings. The summed E-state index contributed by atoms with van der Waals surface area (Å²) in [5.41, 5.74) is 1.12. The second kappa shape index (κ2) is 10.1. The number of aliphatic hydroxyl groups is 1. The van der Waals surface area contributed by atoms with Crippen molar-refractivity contribution in [2.45, 2.75) is 31.9 Å². The summed E-state index contributed by atoms with van der Waals surface area (Å²) in [5.74, 6) is 4.59. The van der Waals surface area contributed by atoms with E-state index in [1.54, 1.807) is 63.4 Å². The molecule has 9 heteroatoms. The van der Waals surface area contributed by atoms with E-state index < -0.39 is 23.5 Å². The lowest BCUT2D eigenvalue weighted by molar-refractivity contribution is -0.120. The number of halogens is 1. The average Bonchev–Trinajstić information content (AvgIpc) is 2.96. The Hall–Kier alpha value is -4.29. The normalized spacial score (nSPS) is 15.2. The molecule has 0 aliphatic carbocycles. The molecule has 1 unspecified atom stereocenters. The van der Waals surface area contributed by atoms with Crippen molar-refractivity contribution in [2.75, 3.05) is 18.6 Å². The molecule has 2 aromatic heterocycles. The van der Waals surface area contributed by atoms with Gasteiger partial charge < -0.3 is 20.1 Å². The highest BCUT2D eigenvalue weighted by Crippen LogP contribution is 2.31. The highest BCUT2D eigenvalue weighted by molar-refractivity contribution is 6.03. The number of nitrogens with zero attached hydrogens (tertiary/aromatic N) is 3. The van der Waals surface area contributed by atoms with Gasteiger partial charge in [0.05, 0.1) is 5.69 Å². The van der Waals surface area contributed by atoms with Crippen LogP contribution in [0.4, 0.5) is 10.1 Å². The number of amides is 2. The van der Waals surface area contributed by atoms with Crippen LogP contribution in [0.15, 0.2) is 54.9 Å². The fourth-order valence-electron chi connectivity index (χ4n) is 3.62. The van der Waals surface area contributed by atoms with Crippen molar-refractivity contribution in [3.63, 3.8) is 0 Å². The third-order valence-electron chi connectivity index (χ3n) is 5.46. The van der Waals surface area contributed by atoms with Crippen LogP contribution < -0.4 is 15.0 Å². The van der Waals surface area contributed by atoms with Gasteiger partial charge in [0.2, 0.25) is 5.95 Å². The molecule has 4 rings (SSSR count). The fraction of sp³-hybridized carbons (Fsp3) is 0.259. The van der Waals surface area contributed by atoms with Gasteiger partial charge in [-0.05, 0) is 55.8 Å². The lowest BCUT2D eigenvalue weighted by Crippen LogP contribution is -2.49. The molecule has 2 amide bonds. The fourth-order valence-corrected chi connectivity index (χ4v) is 3.62. The Balaban J connectivity index is 1.49. The molecule has 2 N–H and O–H groups in total. The maximum absolute atomic E-state index is 13.9. The van der Waals surface area contributed by atoms with Gasteiger partial charge in [-0.25, -0.2) is 4.98 Å². The van der Waals surface area contributed by atoms with Gasteiger partial charge in [-0.3, -0.25) is 14.6 Å². The van der Waals surface area contributed by atoms with E-state index in [1.165, 1.54) is 17.3 Å². The van der Waals surface area contributed by atoms with E-state index in [9.17, 15) is 19.1 Å². The van der Waals surface area contributed by atoms with Gasteiger partial charge in [0, 0.05) is 37.0 Å². The van der Waals surface area contributed by atoms with Gasteiger partial charge in [-0.15, -0.1) is 0 Å². The molecule has 3 aromatic rings. The number of aromatic nitrogens is 2. The van der Waals surface area contributed by atoms with Crippen LogP contribution in [0.25, 0.3) is 0 Å². The Labute approximate surface area is 208 Å². The first-order valence-corrected chi connectivity index (χ1v) is 11.3. The van der Waals surface area contributed by atoms with Crippen LogP contribution in [0.5, 0.6) is 5.75 Å². The molecule has 36 heavy (non-hydrogen) atoms. The minimum atomic E-state index is -1.15. The second-order valence-electron chi connectivity index (χ2n) is 8.91. The zero-order valence-corrected chi connectivity index (χ0v) is 20.1. The van der Waals surface area contributed by atoms with Crippen molar-refractivity contribution in [1.82, 2.24) is 15.3 Å². The van der Waals surface area contributed by atoms with Gasteiger partial charge >= 0.3 is 0 Å². The number of fused-ring (bicyclic) bond motifs is 1. The Morgan fingerprint density at radius 1 is 1.25 bits per heavy atom. The highest BCUT2D eigenvalue weighted by atomic mass is 19.1. The number of carbonyl (C=O) groups is 2. The number of carbonyl (C=O) groups excluding carboxylic acids is 2. The predicted molar refractivity (Wildman–Crippen MR) is 131 cm³/mol. The van der Waals surface area contributed by atoms with Gasteiger partial charge in [-0.1, -0.05) is 17.9 Å². The van der Waals surface area contributed by atoms with Crippen molar-refractivity contribution in [3.05, 3.63) is 83.2 Å². The minimum absolute atomic E-state index is 0.0722.